The van der Waals surface area contributed by atoms with Crippen molar-refractivity contribution in [2.75, 3.05) is 19.8 Å². The summed E-state index contributed by atoms with van der Waals surface area (Å²) in [7, 11) is 2.04. The van der Waals surface area contributed by atoms with Crippen LogP contribution in [0.4, 0.5) is 0 Å². The molecule has 0 aliphatic carbocycles. The minimum Gasteiger partial charge on any atom is -0.381 e. The maximum atomic E-state index is 6.07. The quantitative estimate of drug-likeness (QED) is 0.917. The van der Waals surface area contributed by atoms with E-state index < -0.39 is 0 Å². The van der Waals surface area contributed by atoms with Crippen LogP contribution in [0.1, 0.15) is 18.7 Å². The second-order valence-corrected chi connectivity index (χ2v) is 5.66. The Bertz CT molecular complexity index is 602. The van der Waals surface area contributed by atoms with Crippen LogP contribution in [0.5, 0.6) is 0 Å². The number of aryl methyl sites for hydroxylation is 1. The number of benzene rings is 1. The summed E-state index contributed by atoms with van der Waals surface area (Å²) in [6.45, 7) is 2.10. The van der Waals surface area contributed by atoms with E-state index in [9.17, 15) is 0 Å². The van der Waals surface area contributed by atoms with Crippen LogP contribution >= 0.6 is 11.6 Å². The number of nitrogens with zero attached hydrogens (tertiary/aromatic N) is 2. The Morgan fingerprint density at radius 3 is 2.84 bits per heavy atom. The van der Waals surface area contributed by atoms with Crippen molar-refractivity contribution in [3.63, 3.8) is 0 Å². The van der Waals surface area contributed by atoms with Gasteiger partial charge in [0.25, 0.3) is 0 Å². The summed E-state index contributed by atoms with van der Waals surface area (Å²) in [6, 6.07) is 5.79. The predicted molar refractivity (Wildman–Crippen MR) is 76.5 cm³/mol. The first-order valence-electron chi connectivity index (χ1n) is 6.56. The van der Waals surface area contributed by atoms with E-state index in [1.807, 2.05) is 25.2 Å². The molecule has 0 radical (unpaired) electrons. The molecule has 2 aromatic rings. The number of imidazole rings is 1. The Hall–Kier alpha value is -1.10. The van der Waals surface area contributed by atoms with Gasteiger partial charge in [-0.2, -0.15) is 0 Å². The third-order valence-corrected chi connectivity index (χ3v) is 4.39. The molecule has 1 aromatic carbocycles. The number of halogens is 1. The van der Waals surface area contributed by atoms with Crippen molar-refractivity contribution in [3.05, 3.63) is 29.0 Å². The molecule has 0 amide bonds. The Kier molecular flexibility index (Phi) is 3.25. The van der Waals surface area contributed by atoms with Crippen molar-refractivity contribution in [1.29, 1.82) is 0 Å². The molecule has 0 bridgehead atoms. The second kappa shape index (κ2) is 4.78. The average molecular weight is 280 g/mol. The lowest BCUT2D eigenvalue weighted by Gasteiger charge is -2.35. The van der Waals surface area contributed by atoms with Gasteiger partial charge in [-0.05, 0) is 31.0 Å². The zero-order chi connectivity index (χ0) is 13.5. The predicted octanol–water partition coefficient (Wildman–Crippen LogP) is 2.23. The van der Waals surface area contributed by atoms with Gasteiger partial charge in [0.15, 0.2) is 0 Å². The van der Waals surface area contributed by atoms with Crippen LogP contribution in [0.2, 0.25) is 5.02 Å². The Morgan fingerprint density at radius 2 is 2.16 bits per heavy atom. The van der Waals surface area contributed by atoms with E-state index in [2.05, 4.69) is 4.57 Å². The average Bonchev–Trinajstić information content (AvgIpc) is 2.77. The first-order valence-corrected chi connectivity index (χ1v) is 6.94. The van der Waals surface area contributed by atoms with Crippen LogP contribution in [0, 0.1) is 0 Å². The molecule has 0 saturated carbocycles. The van der Waals surface area contributed by atoms with Gasteiger partial charge in [0.05, 0.1) is 11.0 Å². The van der Waals surface area contributed by atoms with Gasteiger partial charge in [0.1, 0.15) is 5.82 Å². The largest absolute Gasteiger partial charge is 0.381 e. The van der Waals surface area contributed by atoms with Crippen molar-refractivity contribution in [2.24, 2.45) is 12.8 Å². The summed E-state index contributed by atoms with van der Waals surface area (Å²) in [4.78, 5) is 4.79. The first-order chi connectivity index (χ1) is 9.16. The molecule has 0 spiro atoms. The van der Waals surface area contributed by atoms with E-state index in [1.165, 1.54) is 0 Å². The summed E-state index contributed by atoms with van der Waals surface area (Å²) in [5.41, 5.74) is 8.02. The molecule has 1 aliphatic heterocycles. The number of ether oxygens (including phenoxy) is 1. The van der Waals surface area contributed by atoms with Crippen LogP contribution < -0.4 is 5.73 Å². The summed E-state index contributed by atoms with van der Waals surface area (Å²) in [6.07, 6.45) is 1.85. The second-order valence-electron chi connectivity index (χ2n) is 5.22. The molecular formula is C14H18ClN3O. The normalized spacial score (nSPS) is 18.9. The van der Waals surface area contributed by atoms with Crippen LogP contribution in [0.15, 0.2) is 18.2 Å². The van der Waals surface area contributed by atoms with E-state index in [4.69, 9.17) is 27.1 Å². The van der Waals surface area contributed by atoms with Gasteiger partial charge in [0.2, 0.25) is 0 Å². The van der Waals surface area contributed by atoms with E-state index in [0.29, 0.717) is 6.54 Å². The number of hydrogen-bond acceptors (Lipinski definition) is 3. The molecule has 1 aromatic heterocycles. The lowest BCUT2D eigenvalue weighted by atomic mass is 9.79. The third kappa shape index (κ3) is 2.04. The smallest absolute Gasteiger partial charge is 0.117 e. The van der Waals surface area contributed by atoms with Gasteiger partial charge in [-0.3, -0.25) is 0 Å². The van der Waals surface area contributed by atoms with E-state index in [-0.39, 0.29) is 5.41 Å². The number of nitrogens with two attached hydrogens (primary N) is 1. The fourth-order valence-electron chi connectivity index (χ4n) is 2.92. The molecule has 2 heterocycles. The molecule has 1 fully saturated rings. The molecule has 1 aliphatic rings. The number of aromatic nitrogens is 2. The minimum atomic E-state index is -0.0709. The molecule has 4 nitrogen and oxygen atoms in total. The molecule has 0 unspecified atom stereocenters. The minimum absolute atomic E-state index is 0.0709. The van der Waals surface area contributed by atoms with Crippen LogP contribution in [-0.2, 0) is 17.2 Å². The zero-order valence-corrected chi connectivity index (χ0v) is 11.8. The number of hydrogen-bond donors (Lipinski definition) is 1. The van der Waals surface area contributed by atoms with Gasteiger partial charge >= 0.3 is 0 Å². The maximum absolute atomic E-state index is 6.07. The maximum Gasteiger partial charge on any atom is 0.117 e. The Balaban J connectivity index is 2.15. The standard InChI is InChI=1S/C14H18ClN3O/c1-18-12-8-10(15)2-3-11(12)17-13(18)14(9-16)4-6-19-7-5-14/h2-3,8H,4-7,9,16H2,1H3. The molecule has 5 heteroatoms. The van der Waals surface area contributed by atoms with Crippen molar-refractivity contribution < 1.29 is 4.74 Å². The van der Waals surface area contributed by atoms with Gasteiger partial charge in [0, 0.05) is 37.2 Å². The van der Waals surface area contributed by atoms with E-state index in [0.717, 1.165) is 47.9 Å². The summed E-state index contributed by atoms with van der Waals surface area (Å²) in [5.74, 6) is 1.05. The van der Waals surface area contributed by atoms with Crippen LogP contribution in [-0.4, -0.2) is 29.3 Å². The van der Waals surface area contributed by atoms with Crippen molar-refractivity contribution in [2.45, 2.75) is 18.3 Å². The topological polar surface area (TPSA) is 53.1 Å². The highest BCUT2D eigenvalue weighted by molar-refractivity contribution is 6.31. The Morgan fingerprint density at radius 1 is 1.42 bits per heavy atom. The fraction of sp³-hybridized carbons (Fsp3) is 0.500. The Labute approximate surface area is 117 Å². The zero-order valence-electron chi connectivity index (χ0n) is 11.0. The molecule has 1 saturated heterocycles. The number of rotatable bonds is 2. The van der Waals surface area contributed by atoms with E-state index in [1.54, 1.807) is 0 Å². The third-order valence-electron chi connectivity index (χ3n) is 4.16. The highest BCUT2D eigenvalue weighted by Gasteiger charge is 2.37. The van der Waals surface area contributed by atoms with Crippen molar-refractivity contribution in [1.82, 2.24) is 9.55 Å². The monoisotopic (exact) mass is 279 g/mol. The van der Waals surface area contributed by atoms with Gasteiger partial charge < -0.3 is 15.0 Å². The molecule has 3 rings (SSSR count). The lowest BCUT2D eigenvalue weighted by Crippen LogP contribution is -2.42. The van der Waals surface area contributed by atoms with E-state index >= 15 is 0 Å². The highest BCUT2D eigenvalue weighted by atomic mass is 35.5. The van der Waals surface area contributed by atoms with Crippen molar-refractivity contribution in [3.8, 4) is 0 Å². The summed E-state index contributed by atoms with van der Waals surface area (Å²) >= 11 is 6.07. The fourth-order valence-corrected chi connectivity index (χ4v) is 3.08. The molecule has 19 heavy (non-hydrogen) atoms. The first kappa shape index (κ1) is 12.9. The highest BCUT2D eigenvalue weighted by Crippen LogP contribution is 2.35. The lowest BCUT2D eigenvalue weighted by molar-refractivity contribution is 0.0492. The van der Waals surface area contributed by atoms with Crippen LogP contribution in [0.25, 0.3) is 11.0 Å². The molecule has 102 valence electrons. The molecular weight excluding hydrogens is 262 g/mol. The SMILES string of the molecule is Cn1c(C2(CN)CCOCC2)nc2ccc(Cl)cc21. The summed E-state index contributed by atoms with van der Waals surface area (Å²) in [5, 5.41) is 0.732. The summed E-state index contributed by atoms with van der Waals surface area (Å²) < 4.78 is 7.59. The van der Waals surface area contributed by atoms with Crippen LogP contribution in [0.3, 0.4) is 0 Å². The van der Waals surface area contributed by atoms with Gasteiger partial charge in [-0.25, -0.2) is 4.98 Å². The van der Waals surface area contributed by atoms with Gasteiger partial charge in [-0.1, -0.05) is 11.6 Å². The van der Waals surface area contributed by atoms with Crippen molar-refractivity contribution >= 4 is 22.6 Å². The molecule has 2 N–H and O–H groups in total. The number of fused-ring (bicyclic) bond motifs is 1. The molecule has 0 atom stereocenters. The van der Waals surface area contributed by atoms with Gasteiger partial charge in [-0.15, -0.1) is 0 Å².